The third-order valence-corrected chi connectivity index (χ3v) is 2.80. The van der Waals surface area contributed by atoms with E-state index in [0.29, 0.717) is 25.5 Å². The van der Waals surface area contributed by atoms with Gasteiger partial charge >= 0.3 is 0 Å². The van der Waals surface area contributed by atoms with Gasteiger partial charge in [0.15, 0.2) is 5.96 Å². The largest absolute Gasteiger partial charge is 0.370 e. The van der Waals surface area contributed by atoms with Crippen LogP contribution in [0.25, 0.3) is 0 Å². The zero-order valence-corrected chi connectivity index (χ0v) is 12.3. The lowest BCUT2D eigenvalue weighted by Crippen LogP contribution is -2.26. The Morgan fingerprint density at radius 3 is 2.85 bits per heavy atom. The van der Waals surface area contributed by atoms with E-state index in [1.54, 1.807) is 0 Å². The Morgan fingerprint density at radius 1 is 1.35 bits per heavy atom. The van der Waals surface area contributed by atoms with Crippen LogP contribution in [0.4, 0.5) is 5.69 Å². The summed E-state index contributed by atoms with van der Waals surface area (Å²) in [6.45, 7) is 5.22. The van der Waals surface area contributed by atoms with Crippen molar-refractivity contribution in [1.29, 1.82) is 0 Å². The molecule has 0 saturated heterocycles. The quantitative estimate of drug-likeness (QED) is 0.525. The number of aliphatic imine (C=N–C) groups is 1. The molecule has 0 bridgehead atoms. The first-order valence-electron chi connectivity index (χ1n) is 7.08. The van der Waals surface area contributed by atoms with E-state index in [-0.39, 0.29) is 5.91 Å². The highest BCUT2D eigenvalue weighted by molar-refractivity contribution is 5.92. The maximum Gasteiger partial charge on any atom is 0.221 e. The first-order chi connectivity index (χ1) is 9.65. The van der Waals surface area contributed by atoms with Crippen molar-refractivity contribution in [2.24, 2.45) is 10.7 Å². The van der Waals surface area contributed by atoms with Crippen LogP contribution in [0.5, 0.6) is 0 Å². The summed E-state index contributed by atoms with van der Waals surface area (Å²) in [5.74, 6) is 0.345. The summed E-state index contributed by atoms with van der Waals surface area (Å²) in [5, 5.41) is 5.83. The van der Waals surface area contributed by atoms with E-state index in [2.05, 4.69) is 28.6 Å². The molecule has 0 aliphatic rings. The molecule has 0 saturated carbocycles. The number of nitrogens with two attached hydrogens (primary N) is 1. The minimum Gasteiger partial charge on any atom is -0.370 e. The molecule has 1 rings (SSSR count). The summed E-state index contributed by atoms with van der Waals surface area (Å²) in [5.41, 5.74) is 7.95. The molecule has 0 spiro atoms. The lowest BCUT2D eigenvalue weighted by molar-refractivity contribution is -0.120. The Hall–Kier alpha value is -2.04. The Morgan fingerprint density at radius 2 is 2.15 bits per heavy atom. The van der Waals surface area contributed by atoms with E-state index in [4.69, 9.17) is 5.73 Å². The molecule has 1 amide bonds. The Kier molecular flexibility index (Phi) is 7.17. The Bertz CT molecular complexity index is 457. The van der Waals surface area contributed by atoms with E-state index in [0.717, 1.165) is 18.5 Å². The van der Waals surface area contributed by atoms with Gasteiger partial charge in [-0.05, 0) is 30.5 Å². The van der Waals surface area contributed by atoms with Crippen molar-refractivity contribution in [3.63, 3.8) is 0 Å². The lowest BCUT2D eigenvalue weighted by atomic mass is 10.1. The van der Waals surface area contributed by atoms with Gasteiger partial charge in [-0.15, -0.1) is 0 Å². The van der Waals surface area contributed by atoms with Crippen molar-refractivity contribution in [1.82, 2.24) is 5.32 Å². The van der Waals surface area contributed by atoms with Crippen LogP contribution >= 0.6 is 0 Å². The molecular weight excluding hydrogens is 252 g/mol. The molecule has 0 fully saturated rings. The van der Waals surface area contributed by atoms with Crippen LogP contribution in [0, 0.1) is 0 Å². The summed E-state index contributed by atoms with van der Waals surface area (Å²) in [6.07, 6.45) is 2.27. The van der Waals surface area contributed by atoms with Gasteiger partial charge in [-0.1, -0.05) is 26.0 Å². The Labute approximate surface area is 120 Å². The number of nitrogens with zero attached hydrogens (tertiary/aromatic N) is 1. The van der Waals surface area contributed by atoms with Crippen LogP contribution < -0.4 is 16.4 Å². The van der Waals surface area contributed by atoms with Crippen molar-refractivity contribution in [2.45, 2.75) is 33.1 Å². The molecule has 0 aliphatic heterocycles. The number of nitrogens with one attached hydrogen (secondary N) is 2. The van der Waals surface area contributed by atoms with E-state index in [1.165, 1.54) is 5.56 Å². The second-order valence-electron chi connectivity index (χ2n) is 4.55. The maximum atomic E-state index is 11.4. The summed E-state index contributed by atoms with van der Waals surface area (Å²) in [6, 6.07) is 8.02. The number of guanidine groups is 1. The lowest BCUT2D eigenvalue weighted by Gasteiger charge is -2.07. The molecule has 0 heterocycles. The number of anilines is 1. The topological polar surface area (TPSA) is 79.5 Å². The van der Waals surface area contributed by atoms with Crippen LogP contribution in [0.2, 0.25) is 0 Å². The molecule has 20 heavy (non-hydrogen) atoms. The van der Waals surface area contributed by atoms with Crippen molar-refractivity contribution in [2.75, 3.05) is 18.4 Å². The highest BCUT2D eigenvalue weighted by Gasteiger charge is 2.00. The van der Waals surface area contributed by atoms with Crippen molar-refractivity contribution in [3.05, 3.63) is 29.8 Å². The van der Waals surface area contributed by atoms with Gasteiger partial charge in [0.25, 0.3) is 0 Å². The summed E-state index contributed by atoms with van der Waals surface area (Å²) in [4.78, 5) is 15.5. The fraction of sp³-hybridized carbons (Fsp3) is 0.467. The van der Waals surface area contributed by atoms with Crippen LogP contribution in [0.1, 0.15) is 32.3 Å². The van der Waals surface area contributed by atoms with E-state index < -0.39 is 0 Å². The number of carbonyl (C=O) groups excluding carboxylic acids is 1. The van der Waals surface area contributed by atoms with Gasteiger partial charge < -0.3 is 16.4 Å². The smallest absolute Gasteiger partial charge is 0.221 e. The van der Waals surface area contributed by atoms with Gasteiger partial charge in [-0.2, -0.15) is 0 Å². The summed E-state index contributed by atoms with van der Waals surface area (Å²) < 4.78 is 0. The third kappa shape index (κ3) is 6.22. The second kappa shape index (κ2) is 8.96. The van der Waals surface area contributed by atoms with Crippen LogP contribution in [0.15, 0.2) is 29.3 Å². The van der Waals surface area contributed by atoms with Gasteiger partial charge in [-0.25, -0.2) is 0 Å². The number of amides is 1. The first kappa shape index (κ1) is 16.0. The number of carbonyl (C=O) groups is 1. The zero-order valence-electron chi connectivity index (χ0n) is 12.3. The molecule has 5 nitrogen and oxygen atoms in total. The highest BCUT2D eigenvalue weighted by atomic mass is 16.1. The van der Waals surface area contributed by atoms with Crippen molar-refractivity contribution in [3.8, 4) is 0 Å². The predicted octanol–water partition coefficient (Wildman–Crippen LogP) is 1.89. The molecule has 1 aromatic rings. The molecule has 0 unspecified atom stereocenters. The molecule has 0 atom stereocenters. The Balaban J connectivity index is 2.39. The summed E-state index contributed by atoms with van der Waals surface area (Å²) in [7, 11) is 0. The average molecular weight is 276 g/mol. The fourth-order valence-corrected chi connectivity index (χ4v) is 1.69. The molecule has 1 aromatic carbocycles. The number of aryl methyl sites for hydroxylation is 1. The second-order valence-corrected chi connectivity index (χ2v) is 4.55. The normalized spacial score (nSPS) is 11.2. The fourth-order valence-electron chi connectivity index (χ4n) is 1.69. The highest BCUT2D eigenvalue weighted by Crippen LogP contribution is 2.10. The standard InChI is InChI=1S/C15H24N4O/c1-3-9-17-14(20)8-10-18-15(16)19-13-7-5-6-12(4-2)11-13/h5-7,11H,3-4,8-10H2,1-2H3,(H,17,20)(H3,16,18,19). The summed E-state index contributed by atoms with van der Waals surface area (Å²) >= 11 is 0. The third-order valence-electron chi connectivity index (χ3n) is 2.80. The molecular formula is C15H24N4O. The van der Waals surface area contributed by atoms with E-state index in [9.17, 15) is 4.79 Å². The minimum absolute atomic E-state index is 0.0105. The zero-order chi connectivity index (χ0) is 14.8. The molecule has 110 valence electrons. The maximum absolute atomic E-state index is 11.4. The van der Waals surface area contributed by atoms with Gasteiger partial charge in [0.05, 0.1) is 6.54 Å². The average Bonchev–Trinajstić information content (AvgIpc) is 2.45. The van der Waals surface area contributed by atoms with Gasteiger partial charge in [-0.3, -0.25) is 9.79 Å². The minimum atomic E-state index is 0.0105. The van der Waals surface area contributed by atoms with Crippen LogP contribution in [-0.4, -0.2) is 25.0 Å². The SMILES string of the molecule is CCCNC(=O)CCN=C(N)Nc1cccc(CC)c1. The molecule has 0 aromatic heterocycles. The molecule has 0 aliphatic carbocycles. The van der Waals surface area contributed by atoms with Crippen LogP contribution in [-0.2, 0) is 11.2 Å². The molecule has 0 radical (unpaired) electrons. The van der Waals surface area contributed by atoms with Crippen molar-refractivity contribution < 1.29 is 4.79 Å². The number of hydrogen-bond acceptors (Lipinski definition) is 2. The monoisotopic (exact) mass is 276 g/mol. The number of rotatable bonds is 7. The van der Waals surface area contributed by atoms with E-state index in [1.807, 2.05) is 25.1 Å². The number of benzene rings is 1. The molecule has 4 N–H and O–H groups in total. The molecule has 5 heteroatoms. The first-order valence-corrected chi connectivity index (χ1v) is 7.08. The van der Waals surface area contributed by atoms with Crippen LogP contribution in [0.3, 0.4) is 0 Å². The van der Waals surface area contributed by atoms with Gasteiger partial charge in [0.2, 0.25) is 5.91 Å². The van der Waals surface area contributed by atoms with Crippen molar-refractivity contribution >= 4 is 17.6 Å². The van der Waals surface area contributed by atoms with Gasteiger partial charge in [0.1, 0.15) is 0 Å². The van der Waals surface area contributed by atoms with E-state index >= 15 is 0 Å². The predicted molar refractivity (Wildman–Crippen MR) is 83.8 cm³/mol. The van der Waals surface area contributed by atoms with Gasteiger partial charge in [0, 0.05) is 18.7 Å². The number of hydrogen-bond donors (Lipinski definition) is 3.